The molecule has 0 atom stereocenters. The summed E-state index contributed by atoms with van der Waals surface area (Å²) in [5.41, 5.74) is 2.22. The van der Waals surface area contributed by atoms with E-state index in [0.717, 1.165) is 18.4 Å². The maximum atomic E-state index is 12.0. The predicted molar refractivity (Wildman–Crippen MR) is 99.0 cm³/mol. The molecule has 2 amide bonds. The topological polar surface area (TPSA) is 67.4 Å². The lowest BCUT2D eigenvalue weighted by molar-refractivity contribution is -0.118. The summed E-state index contributed by atoms with van der Waals surface area (Å²) in [6.45, 7) is 4.62. The first-order valence-electron chi connectivity index (χ1n) is 8.46. The molecule has 2 aromatic rings. The fourth-order valence-electron chi connectivity index (χ4n) is 2.20. The van der Waals surface area contributed by atoms with Crippen molar-refractivity contribution in [2.75, 3.05) is 18.5 Å². The highest BCUT2D eigenvalue weighted by molar-refractivity contribution is 5.97. The molecule has 25 heavy (non-hydrogen) atoms. The van der Waals surface area contributed by atoms with Crippen LogP contribution in [0.15, 0.2) is 48.5 Å². The largest absolute Gasteiger partial charge is 0.484 e. The van der Waals surface area contributed by atoms with Gasteiger partial charge in [-0.2, -0.15) is 0 Å². The zero-order chi connectivity index (χ0) is 18.1. The van der Waals surface area contributed by atoms with E-state index in [1.807, 2.05) is 31.2 Å². The number of rotatable bonds is 8. The van der Waals surface area contributed by atoms with E-state index in [1.165, 1.54) is 0 Å². The van der Waals surface area contributed by atoms with E-state index >= 15 is 0 Å². The highest BCUT2D eigenvalue weighted by Crippen LogP contribution is 2.13. The van der Waals surface area contributed by atoms with Crippen molar-refractivity contribution in [3.05, 3.63) is 59.7 Å². The summed E-state index contributed by atoms with van der Waals surface area (Å²) >= 11 is 0. The van der Waals surface area contributed by atoms with Crippen molar-refractivity contribution in [3.63, 3.8) is 0 Å². The lowest BCUT2D eigenvalue weighted by Gasteiger charge is -2.09. The quantitative estimate of drug-likeness (QED) is 0.722. The minimum atomic E-state index is -0.274. The summed E-state index contributed by atoms with van der Waals surface area (Å²) < 4.78 is 5.45. The zero-order valence-electron chi connectivity index (χ0n) is 14.7. The minimum Gasteiger partial charge on any atom is -0.484 e. The lowest BCUT2D eigenvalue weighted by Crippen LogP contribution is -2.25. The summed E-state index contributed by atoms with van der Waals surface area (Å²) in [6, 6.07) is 14.4. The van der Waals surface area contributed by atoms with Gasteiger partial charge < -0.3 is 15.4 Å². The Morgan fingerprint density at radius 3 is 2.56 bits per heavy atom. The third kappa shape index (κ3) is 6.30. The van der Waals surface area contributed by atoms with Crippen LogP contribution in [-0.4, -0.2) is 25.0 Å². The van der Waals surface area contributed by atoms with Crippen LogP contribution >= 0.6 is 0 Å². The van der Waals surface area contributed by atoms with Gasteiger partial charge in [-0.3, -0.25) is 9.59 Å². The SMILES string of the molecule is CCCCNC(=O)c1cccc(NC(=O)COc2ccc(C)cc2)c1. The molecule has 0 fully saturated rings. The van der Waals surface area contributed by atoms with Crippen molar-refractivity contribution in [2.45, 2.75) is 26.7 Å². The van der Waals surface area contributed by atoms with Crippen LogP contribution in [0.4, 0.5) is 5.69 Å². The third-order valence-electron chi connectivity index (χ3n) is 3.62. The Hall–Kier alpha value is -2.82. The van der Waals surface area contributed by atoms with E-state index in [0.29, 0.717) is 23.5 Å². The fourth-order valence-corrected chi connectivity index (χ4v) is 2.20. The Balaban J connectivity index is 1.86. The maximum Gasteiger partial charge on any atom is 0.262 e. The van der Waals surface area contributed by atoms with Crippen LogP contribution in [0.2, 0.25) is 0 Å². The van der Waals surface area contributed by atoms with Crippen LogP contribution in [-0.2, 0) is 4.79 Å². The van der Waals surface area contributed by atoms with Crippen LogP contribution in [0.5, 0.6) is 5.75 Å². The molecule has 0 heterocycles. The molecule has 0 saturated heterocycles. The molecule has 132 valence electrons. The number of ether oxygens (including phenoxy) is 1. The second-order valence-electron chi connectivity index (χ2n) is 5.84. The van der Waals surface area contributed by atoms with Crippen molar-refractivity contribution >= 4 is 17.5 Å². The fraction of sp³-hybridized carbons (Fsp3) is 0.300. The lowest BCUT2D eigenvalue weighted by atomic mass is 10.2. The van der Waals surface area contributed by atoms with E-state index in [1.54, 1.807) is 24.3 Å². The molecule has 0 aliphatic heterocycles. The van der Waals surface area contributed by atoms with E-state index in [2.05, 4.69) is 17.6 Å². The van der Waals surface area contributed by atoms with Gasteiger partial charge in [0, 0.05) is 17.8 Å². The Kier molecular flexibility index (Phi) is 7.01. The zero-order valence-corrected chi connectivity index (χ0v) is 14.7. The Bertz CT molecular complexity index is 711. The second kappa shape index (κ2) is 9.47. The number of nitrogens with one attached hydrogen (secondary N) is 2. The Morgan fingerprint density at radius 1 is 1.08 bits per heavy atom. The van der Waals surface area contributed by atoms with Gasteiger partial charge in [0.05, 0.1) is 0 Å². The normalized spacial score (nSPS) is 10.2. The first-order valence-corrected chi connectivity index (χ1v) is 8.46. The number of benzene rings is 2. The van der Waals surface area contributed by atoms with Gasteiger partial charge in [-0.15, -0.1) is 0 Å². The molecule has 0 saturated carbocycles. The molecule has 2 rings (SSSR count). The number of amides is 2. The van der Waals surface area contributed by atoms with Gasteiger partial charge in [0.25, 0.3) is 11.8 Å². The van der Waals surface area contributed by atoms with Crippen LogP contribution in [0.3, 0.4) is 0 Å². The van der Waals surface area contributed by atoms with Crippen LogP contribution < -0.4 is 15.4 Å². The standard InChI is InChI=1S/C20H24N2O3/c1-3-4-12-21-20(24)16-6-5-7-17(13-16)22-19(23)14-25-18-10-8-15(2)9-11-18/h5-11,13H,3-4,12,14H2,1-2H3,(H,21,24)(H,22,23). The number of carbonyl (C=O) groups is 2. The second-order valence-corrected chi connectivity index (χ2v) is 5.84. The molecule has 5 nitrogen and oxygen atoms in total. The molecule has 0 aromatic heterocycles. The monoisotopic (exact) mass is 340 g/mol. The van der Waals surface area contributed by atoms with E-state index in [9.17, 15) is 9.59 Å². The van der Waals surface area contributed by atoms with Gasteiger partial charge in [0.2, 0.25) is 0 Å². The first kappa shape index (κ1) is 18.5. The van der Waals surface area contributed by atoms with Crippen LogP contribution in [0.1, 0.15) is 35.7 Å². The van der Waals surface area contributed by atoms with Gasteiger partial charge in [0.1, 0.15) is 5.75 Å². The average Bonchev–Trinajstić information content (AvgIpc) is 2.61. The van der Waals surface area contributed by atoms with E-state index < -0.39 is 0 Å². The summed E-state index contributed by atoms with van der Waals surface area (Å²) in [6.07, 6.45) is 1.97. The van der Waals surface area contributed by atoms with E-state index in [4.69, 9.17) is 4.74 Å². The summed E-state index contributed by atoms with van der Waals surface area (Å²) in [4.78, 5) is 24.1. The molecule has 0 aliphatic carbocycles. The van der Waals surface area contributed by atoms with Crippen LogP contribution in [0.25, 0.3) is 0 Å². The average molecular weight is 340 g/mol. The van der Waals surface area contributed by atoms with Crippen molar-refractivity contribution in [2.24, 2.45) is 0 Å². The molecule has 0 aliphatic rings. The van der Waals surface area contributed by atoms with Crippen LogP contribution in [0, 0.1) is 6.92 Å². The highest BCUT2D eigenvalue weighted by atomic mass is 16.5. The summed E-state index contributed by atoms with van der Waals surface area (Å²) in [5.74, 6) is 0.231. The van der Waals surface area contributed by atoms with Crippen molar-refractivity contribution in [1.82, 2.24) is 5.32 Å². The predicted octanol–water partition coefficient (Wildman–Crippen LogP) is 3.54. The molecular formula is C20H24N2O3. The molecule has 0 unspecified atom stereocenters. The van der Waals surface area contributed by atoms with Gasteiger partial charge in [-0.05, 0) is 43.7 Å². The Labute approximate surface area is 148 Å². The minimum absolute atomic E-state index is 0.0873. The molecule has 0 radical (unpaired) electrons. The molecule has 0 bridgehead atoms. The first-order chi connectivity index (χ1) is 12.1. The number of anilines is 1. The van der Waals surface area contributed by atoms with Gasteiger partial charge >= 0.3 is 0 Å². The number of carbonyl (C=O) groups excluding carboxylic acids is 2. The highest BCUT2D eigenvalue weighted by Gasteiger charge is 2.08. The summed E-state index contributed by atoms with van der Waals surface area (Å²) in [5, 5.41) is 5.60. The number of hydrogen-bond acceptors (Lipinski definition) is 3. The number of aryl methyl sites for hydroxylation is 1. The van der Waals surface area contributed by atoms with Gasteiger partial charge in [-0.25, -0.2) is 0 Å². The van der Waals surface area contributed by atoms with Gasteiger partial charge in [0.15, 0.2) is 6.61 Å². The van der Waals surface area contributed by atoms with Gasteiger partial charge in [-0.1, -0.05) is 37.1 Å². The smallest absolute Gasteiger partial charge is 0.262 e. The Morgan fingerprint density at radius 2 is 1.84 bits per heavy atom. The molecule has 2 N–H and O–H groups in total. The van der Waals surface area contributed by atoms with Crippen molar-refractivity contribution < 1.29 is 14.3 Å². The van der Waals surface area contributed by atoms with Crippen molar-refractivity contribution in [3.8, 4) is 5.75 Å². The maximum absolute atomic E-state index is 12.0. The third-order valence-corrected chi connectivity index (χ3v) is 3.62. The van der Waals surface area contributed by atoms with E-state index in [-0.39, 0.29) is 18.4 Å². The molecule has 0 spiro atoms. The molecule has 5 heteroatoms. The molecular weight excluding hydrogens is 316 g/mol. The van der Waals surface area contributed by atoms with Crippen molar-refractivity contribution in [1.29, 1.82) is 0 Å². The number of hydrogen-bond donors (Lipinski definition) is 2. The summed E-state index contributed by atoms with van der Waals surface area (Å²) in [7, 11) is 0. The number of unbranched alkanes of at least 4 members (excludes halogenated alkanes) is 1. The molecule has 2 aromatic carbocycles.